The van der Waals surface area contributed by atoms with Gasteiger partial charge in [-0.25, -0.2) is 9.18 Å². The maximum absolute atomic E-state index is 12.9. The molecule has 0 spiro atoms. The fourth-order valence-electron chi connectivity index (χ4n) is 1.36. The molecular weight excluding hydrogens is 225 g/mol. The first-order chi connectivity index (χ1) is 8.00. The number of ether oxygens (including phenoxy) is 1. The number of hydrogen-bond donors (Lipinski definition) is 1. The highest BCUT2D eigenvalue weighted by Gasteiger charge is 2.12. The molecule has 0 saturated heterocycles. The molecule has 5 heteroatoms. The molecule has 0 saturated carbocycles. The van der Waals surface area contributed by atoms with Gasteiger partial charge in [-0.15, -0.1) is 0 Å². The molecule has 0 radical (unpaired) electrons. The number of carboxylic acids is 1. The van der Waals surface area contributed by atoms with E-state index in [9.17, 15) is 9.18 Å². The van der Waals surface area contributed by atoms with Crippen molar-refractivity contribution >= 4 is 5.97 Å². The van der Waals surface area contributed by atoms with Crippen LogP contribution < -0.4 is 4.74 Å². The normalized spacial score (nSPS) is 10.6. The lowest BCUT2D eigenvalue weighted by molar-refractivity contribution is 0.0691. The van der Waals surface area contributed by atoms with Crippen LogP contribution in [0.3, 0.4) is 0 Å². The van der Waals surface area contributed by atoms with E-state index < -0.39 is 11.8 Å². The van der Waals surface area contributed by atoms with Crippen molar-refractivity contribution in [3.05, 3.63) is 29.6 Å². The zero-order valence-corrected chi connectivity index (χ0v) is 9.94. The average Bonchev–Trinajstić information content (AvgIpc) is 2.25. The molecule has 0 amide bonds. The number of benzene rings is 1. The Morgan fingerprint density at radius 1 is 1.47 bits per heavy atom. The molecule has 0 aliphatic rings. The third-order valence-corrected chi connectivity index (χ3v) is 2.18. The molecule has 1 N–H and O–H groups in total. The summed E-state index contributed by atoms with van der Waals surface area (Å²) in [7, 11) is 3.89. The van der Waals surface area contributed by atoms with Crippen molar-refractivity contribution in [3.63, 3.8) is 0 Å². The van der Waals surface area contributed by atoms with Gasteiger partial charge in [0.2, 0.25) is 0 Å². The third kappa shape index (κ3) is 4.40. The Kier molecular flexibility index (Phi) is 4.90. The van der Waals surface area contributed by atoms with Crippen LogP contribution in [0.25, 0.3) is 0 Å². The van der Waals surface area contributed by atoms with Gasteiger partial charge in [-0.05, 0) is 38.7 Å². The standard InChI is InChI=1S/C12H16FNO3/c1-14(2)6-3-7-17-11-5-4-9(13)8-10(11)12(15)16/h4-5,8H,3,6-7H2,1-2H3,(H,15,16). The SMILES string of the molecule is CN(C)CCCOc1ccc(F)cc1C(=O)O. The van der Waals surface area contributed by atoms with Gasteiger partial charge in [0, 0.05) is 6.54 Å². The van der Waals surface area contributed by atoms with Crippen molar-refractivity contribution in [1.29, 1.82) is 0 Å². The van der Waals surface area contributed by atoms with Crippen LogP contribution >= 0.6 is 0 Å². The van der Waals surface area contributed by atoms with E-state index >= 15 is 0 Å². The quantitative estimate of drug-likeness (QED) is 0.772. The summed E-state index contributed by atoms with van der Waals surface area (Å²) in [6.45, 7) is 1.26. The second-order valence-electron chi connectivity index (χ2n) is 3.95. The predicted octanol–water partition coefficient (Wildman–Crippen LogP) is 1.85. The molecule has 0 unspecified atom stereocenters. The Morgan fingerprint density at radius 2 is 2.18 bits per heavy atom. The molecule has 0 aromatic heterocycles. The van der Waals surface area contributed by atoms with Crippen LogP contribution in [-0.4, -0.2) is 43.2 Å². The Morgan fingerprint density at radius 3 is 2.76 bits per heavy atom. The lowest BCUT2D eigenvalue weighted by Crippen LogP contribution is -2.16. The minimum Gasteiger partial charge on any atom is -0.493 e. The van der Waals surface area contributed by atoms with Crippen LogP contribution in [0.5, 0.6) is 5.75 Å². The summed E-state index contributed by atoms with van der Waals surface area (Å²) < 4.78 is 18.2. The van der Waals surface area contributed by atoms with Gasteiger partial charge in [-0.2, -0.15) is 0 Å². The summed E-state index contributed by atoms with van der Waals surface area (Å²) in [6, 6.07) is 3.49. The molecule has 94 valence electrons. The largest absolute Gasteiger partial charge is 0.493 e. The highest BCUT2D eigenvalue weighted by Crippen LogP contribution is 2.19. The number of carbonyl (C=O) groups is 1. The fourth-order valence-corrected chi connectivity index (χ4v) is 1.36. The molecule has 4 nitrogen and oxygen atoms in total. The molecule has 0 aliphatic heterocycles. The van der Waals surface area contributed by atoms with Crippen molar-refractivity contribution in [2.24, 2.45) is 0 Å². The second-order valence-corrected chi connectivity index (χ2v) is 3.95. The third-order valence-electron chi connectivity index (χ3n) is 2.18. The van der Waals surface area contributed by atoms with Crippen molar-refractivity contribution in [2.45, 2.75) is 6.42 Å². The molecule has 1 aromatic rings. The summed E-state index contributed by atoms with van der Waals surface area (Å²) in [5.41, 5.74) is -0.144. The van der Waals surface area contributed by atoms with Gasteiger partial charge in [0.1, 0.15) is 17.1 Å². The van der Waals surface area contributed by atoms with Crippen LogP contribution in [0.1, 0.15) is 16.8 Å². The molecule has 0 heterocycles. The first-order valence-electron chi connectivity index (χ1n) is 5.31. The predicted molar refractivity (Wildman–Crippen MR) is 62.0 cm³/mol. The number of rotatable bonds is 6. The van der Waals surface area contributed by atoms with E-state index in [2.05, 4.69) is 0 Å². The maximum Gasteiger partial charge on any atom is 0.339 e. The van der Waals surface area contributed by atoms with Crippen molar-refractivity contribution in [1.82, 2.24) is 4.90 Å². The highest BCUT2D eigenvalue weighted by molar-refractivity contribution is 5.90. The summed E-state index contributed by atoms with van der Waals surface area (Å²) >= 11 is 0. The van der Waals surface area contributed by atoms with E-state index in [1.165, 1.54) is 12.1 Å². The maximum atomic E-state index is 12.9. The number of carboxylic acid groups (broad SMARTS) is 1. The van der Waals surface area contributed by atoms with Crippen LogP contribution in [0, 0.1) is 5.82 Å². The zero-order valence-electron chi connectivity index (χ0n) is 9.94. The van der Waals surface area contributed by atoms with E-state index in [1.54, 1.807) is 0 Å². The van der Waals surface area contributed by atoms with Gasteiger partial charge in [0.05, 0.1) is 6.61 Å². The number of hydrogen-bond acceptors (Lipinski definition) is 3. The molecule has 1 aromatic carbocycles. The van der Waals surface area contributed by atoms with Gasteiger partial charge in [0.15, 0.2) is 0 Å². The molecule has 0 aliphatic carbocycles. The average molecular weight is 241 g/mol. The van der Waals surface area contributed by atoms with E-state index in [0.717, 1.165) is 19.0 Å². The van der Waals surface area contributed by atoms with Crippen LogP contribution in [0.2, 0.25) is 0 Å². The van der Waals surface area contributed by atoms with Gasteiger partial charge in [0.25, 0.3) is 0 Å². The first-order valence-corrected chi connectivity index (χ1v) is 5.31. The Hall–Kier alpha value is -1.62. The summed E-state index contributed by atoms with van der Waals surface area (Å²) in [6.07, 6.45) is 0.781. The second kappa shape index (κ2) is 6.20. The van der Waals surface area contributed by atoms with E-state index in [4.69, 9.17) is 9.84 Å². The van der Waals surface area contributed by atoms with Crippen LogP contribution in [0.15, 0.2) is 18.2 Å². The van der Waals surface area contributed by atoms with E-state index in [1.807, 2.05) is 19.0 Å². The lowest BCUT2D eigenvalue weighted by Gasteiger charge is -2.11. The molecule has 0 atom stereocenters. The topological polar surface area (TPSA) is 49.8 Å². The number of aromatic carboxylic acids is 1. The van der Waals surface area contributed by atoms with Gasteiger partial charge in [-0.1, -0.05) is 0 Å². The van der Waals surface area contributed by atoms with Crippen LogP contribution in [0.4, 0.5) is 4.39 Å². The smallest absolute Gasteiger partial charge is 0.339 e. The summed E-state index contributed by atoms with van der Waals surface area (Å²) in [5.74, 6) is -1.56. The fraction of sp³-hybridized carbons (Fsp3) is 0.417. The summed E-state index contributed by atoms with van der Waals surface area (Å²) in [5, 5.41) is 8.88. The number of halogens is 1. The van der Waals surface area contributed by atoms with Gasteiger partial charge in [-0.3, -0.25) is 0 Å². The van der Waals surface area contributed by atoms with Crippen LogP contribution in [-0.2, 0) is 0 Å². The molecule has 1 rings (SSSR count). The monoisotopic (exact) mass is 241 g/mol. The van der Waals surface area contributed by atoms with E-state index in [-0.39, 0.29) is 11.3 Å². The minimum absolute atomic E-state index is 0.144. The van der Waals surface area contributed by atoms with Crippen molar-refractivity contribution in [3.8, 4) is 5.75 Å². The first kappa shape index (κ1) is 13.4. The van der Waals surface area contributed by atoms with Gasteiger partial charge < -0.3 is 14.7 Å². The minimum atomic E-state index is -1.19. The highest BCUT2D eigenvalue weighted by atomic mass is 19.1. The Bertz CT molecular complexity index is 393. The summed E-state index contributed by atoms with van der Waals surface area (Å²) in [4.78, 5) is 12.9. The molecule has 0 fully saturated rings. The van der Waals surface area contributed by atoms with E-state index in [0.29, 0.717) is 6.61 Å². The molecular formula is C12H16FNO3. The van der Waals surface area contributed by atoms with Crippen molar-refractivity contribution in [2.75, 3.05) is 27.2 Å². The Labute approximate surface area is 99.6 Å². The Balaban J connectivity index is 2.61. The number of nitrogens with zero attached hydrogens (tertiary/aromatic N) is 1. The molecule has 17 heavy (non-hydrogen) atoms. The van der Waals surface area contributed by atoms with Crippen molar-refractivity contribution < 1.29 is 19.0 Å². The van der Waals surface area contributed by atoms with Gasteiger partial charge >= 0.3 is 5.97 Å². The zero-order chi connectivity index (χ0) is 12.8. The molecule has 0 bridgehead atoms. The lowest BCUT2D eigenvalue weighted by atomic mass is 10.2.